The zero-order valence-electron chi connectivity index (χ0n) is 8.03. The molecule has 2 aliphatic heterocycles. The van der Waals surface area contributed by atoms with Gasteiger partial charge in [0.25, 0.3) is 0 Å². The minimum Gasteiger partial charge on any atom is -0.465 e. The van der Waals surface area contributed by atoms with Crippen LogP contribution in [0.5, 0.6) is 0 Å². The second-order valence-electron chi connectivity index (χ2n) is 4.05. The van der Waals surface area contributed by atoms with E-state index in [0.717, 1.165) is 13.1 Å². The van der Waals surface area contributed by atoms with Crippen molar-refractivity contribution < 1.29 is 14.3 Å². The number of likely N-dealkylation sites (tertiary alicyclic amines) is 2. The fourth-order valence-electron chi connectivity index (χ4n) is 2.08. The standard InChI is InChI=1S/C9H15FN2O2/c10-7-1-3-11(4-2-7)8-5-12(6-8)9(13)14/h7-8H,1-6H2,(H,13,14). The largest absolute Gasteiger partial charge is 0.465 e. The molecule has 2 aliphatic rings. The summed E-state index contributed by atoms with van der Waals surface area (Å²) in [5.74, 6) is 0. The summed E-state index contributed by atoms with van der Waals surface area (Å²) in [5.41, 5.74) is 0. The van der Waals surface area contributed by atoms with Crippen molar-refractivity contribution in [2.24, 2.45) is 0 Å². The molecule has 80 valence electrons. The molecule has 0 spiro atoms. The Morgan fingerprint density at radius 1 is 1.29 bits per heavy atom. The van der Waals surface area contributed by atoms with Crippen LogP contribution < -0.4 is 0 Å². The van der Waals surface area contributed by atoms with Crippen molar-refractivity contribution in [2.75, 3.05) is 26.2 Å². The third-order valence-corrected chi connectivity index (χ3v) is 3.11. The molecular weight excluding hydrogens is 187 g/mol. The molecule has 0 aromatic rings. The van der Waals surface area contributed by atoms with Gasteiger partial charge in [0.2, 0.25) is 0 Å². The second kappa shape index (κ2) is 3.73. The Labute approximate surface area is 82.3 Å². The lowest BCUT2D eigenvalue weighted by molar-refractivity contribution is 0.0157. The lowest BCUT2D eigenvalue weighted by atomic mass is 10.0. The van der Waals surface area contributed by atoms with E-state index in [1.54, 1.807) is 0 Å². The highest BCUT2D eigenvalue weighted by atomic mass is 19.1. The van der Waals surface area contributed by atoms with Crippen molar-refractivity contribution in [3.63, 3.8) is 0 Å². The highest BCUT2D eigenvalue weighted by molar-refractivity contribution is 5.66. The summed E-state index contributed by atoms with van der Waals surface area (Å²) in [7, 11) is 0. The van der Waals surface area contributed by atoms with Crippen LogP contribution in [0.15, 0.2) is 0 Å². The highest BCUT2D eigenvalue weighted by Crippen LogP contribution is 2.21. The van der Waals surface area contributed by atoms with E-state index in [0.29, 0.717) is 32.0 Å². The average molecular weight is 202 g/mol. The molecule has 2 heterocycles. The first kappa shape index (κ1) is 9.71. The number of piperidine rings is 1. The van der Waals surface area contributed by atoms with E-state index in [1.807, 2.05) is 0 Å². The molecule has 2 fully saturated rings. The Kier molecular flexibility index (Phi) is 2.58. The molecule has 0 atom stereocenters. The third kappa shape index (κ3) is 1.82. The summed E-state index contributed by atoms with van der Waals surface area (Å²) < 4.78 is 12.8. The molecule has 14 heavy (non-hydrogen) atoms. The number of hydrogen-bond donors (Lipinski definition) is 1. The van der Waals surface area contributed by atoms with Crippen LogP contribution in [0.25, 0.3) is 0 Å². The Balaban J connectivity index is 1.74. The first-order chi connectivity index (χ1) is 6.66. The van der Waals surface area contributed by atoms with Crippen LogP contribution in [0.1, 0.15) is 12.8 Å². The number of carbonyl (C=O) groups is 1. The lowest BCUT2D eigenvalue weighted by Crippen LogP contribution is -2.62. The maximum Gasteiger partial charge on any atom is 0.407 e. The van der Waals surface area contributed by atoms with Gasteiger partial charge in [-0.05, 0) is 12.8 Å². The van der Waals surface area contributed by atoms with Crippen molar-refractivity contribution in [1.82, 2.24) is 9.80 Å². The topological polar surface area (TPSA) is 43.8 Å². The van der Waals surface area contributed by atoms with Gasteiger partial charge in [-0.3, -0.25) is 4.90 Å². The molecule has 0 saturated carbocycles. The second-order valence-corrected chi connectivity index (χ2v) is 4.05. The van der Waals surface area contributed by atoms with E-state index in [2.05, 4.69) is 4.90 Å². The number of amides is 1. The van der Waals surface area contributed by atoms with Gasteiger partial charge in [0.05, 0.1) is 0 Å². The first-order valence-electron chi connectivity index (χ1n) is 5.03. The van der Waals surface area contributed by atoms with Crippen LogP contribution in [0.3, 0.4) is 0 Å². The molecule has 0 unspecified atom stereocenters. The van der Waals surface area contributed by atoms with Gasteiger partial charge in [-0.1, -0.05) is 0 Å². The van der Waals surface area contributed by atoms with Gasteiger partial charge < -0.3 is 10.0 Å². The van der Waals surface area contributed by atoms with Crippen LogP contribution >= 0.6 is 0 Å². The van der Waals surface area contributed by atoms with Crippen LogP contribution in [-0.4, -0.2) is 59.4 Å². The number of alkyl halides is 1. The zero-order chi connectivity index (χ0) is 10.1. The molecule has 0 aromatic heterocycles. The summed E-state index contributed by atoms with van der Waals surface area (Å²) in [6.45, 7) is 2.73. The van der Waals surface area contributed by atoms with Gasteiger partial charge in [0.15, 0.2) is 0 Å². The fourth-order valence-corrected chi connectivity index (χ4v) is 2.08. The maximum atomic E-state index is 12.8. The van der Waals surface area contributed by atoms with Gasteiger partial charge in [-0.2, -0.15) is 0 Å². The molecule has 0 aromatic carbocycles. The van der Waals surface area contributed by atoms with E-state index in [-0.39, 0.29) is 0 Å². The summed E-state index contributed by atoms with van der Waals surface area (Å²) in [4.78, 5) is 14.1. The summed E-state index contributed by atoms with van der Waals surface area (Å²) >= 11 is 0. The van der Waals surface area contributed by atoms with Gasteiger partial charge in [0, 0.05) is 32.2 Å². The molecule has 0 radical (unpaired) electrons. The van der Waals surface area contributed by atoms with E-state index in [4.69, 9.17) is 5.11 Å². The van der Waals surface area contributed by atoms with Crippen molar-refractivity contribution in [3.8, 4) is 0 Å². The Morgan fingerprint density at radius 2 is 1.86 bits per heavy atom. The number of halogens is 1. The number of carboxylic acid groups (broad SMARTS) is 1. The summed E-state index contributed by atoms with van der Waals surface area (Å²) in [5, 5.41) is 8.64. The molecule has 1 N–H and O–H groups in total. The molecule has 2 saturated heterocycles. The lowest BCUT2D eigenvalue weighted by Gasteiger charge is -2.45. The van der Waals surface area contributed by atoms with Crippen LogP contribution in [-0.2, 0) is 0 Å². The van der Waals surface area contributed by atoms with E-state index < -0.39 is 12.3 Å². The number of hydrogen-bond acceptors (Lipinski definition) is 2. The molecule has 0 bridgehead atoms. The monoisotopic (exact) mass is 202 g/mol. The Hall–Kier alpha value is -0.840. The van der Waals surface area contributed by atoms with E-state index >= 15 is 0 Å². The molecule has 2 rings (SSSR count). The number of nitrogens with zero attached hydrogens (tertiary/aromatic N) is 2. The summed E-state index contributed by atoms with van der Waals surface area (Å²) in [6.07, 6.45) is -0.295. The Morgan fingerprint density at radius 3 is 2.36 bits per heavy atom. The molecule has 0 aliphatic carbocycles. The predicted molar refractivity (Wildman–Crippen MR) is 49.1 cm³/mol. The van der Waals surface area contributed by atoms with E-state index in [1.165, 1.54) is 4.90 Å². The maximum absolute atomic E-state index is 12.8. The van der Waals surface area contributed by atoms with Crippen molar-refractivity contribution in [2.45, 2.75) is 25.1 Å². The third-order valence-electron chi connectivity index (χ3n) is 3.11. The van der Waals surface area contributed by atoms with Crippen molar-refractivity contribution in [3.05, 3.63) is 0 Å². The minimum absolute atomic E-state index is 0.332. The zero-order valence-corrected chi connectivity index (χ0v) is 8.03. The fraction of sp³-hybridized carbons (Fsp3) is 0.889. The summed E-state index contributed by atoms with van der Waals surface area (Å²) in [6, 6.07) is 0.332. The Bertz CT molecular complexity index is 223. The normalized spacial score (nSPS) is 26.2. The van der Waals surface area contributed by atoms with Gasteiger partial charge in [-0.15, -0.1) is 0 Å². The number of rotatable bonds is 1. The van der Waals surface area contributed by atoms with Gasteiger partial charge >= 0.3 is 6.09 Å². The quantitative estimate of drug-likeness (QED) is 0.683. The van der Waals surface area contributed by atoms with Crippen LogP contribution in [0, 0.1) is 0 Å². The van der Waals surface area contributed by atoms with E-state index in [9.17, 15) is 9.18 Å². The smallest absolute Gasteiger partial charge is 0.407 e. The SMILES string of the molecule is O=C(O)N1CC(N2CCC(F)CC2)C1. The molecule has 4 nitrogen and oxygen atoms in total. The first-order valence-corrected chi connectivity index (χ1v) is 5.03. The highest BCUT2D eigenvalue weighted by Gasteiger charge is 2.36. The predicted octanol–water partition coefficient (Wildman–Crippen LogP) is 0.783. The van der Waals surface area contributed by atoms with Crippen LogP contribution in [0.4, 0.5) is 9.18 Å². The van der Waals surface area contributed by atoms with Crippen LogP contribution in [0.2, 0.25) is 0 Å². The molecular formula is C9H15FN2O2. The van der Waals surface area contributed by atoms with Gasteiger partial charge in [0.1, 0.15) is 6.17 Å². The minimum atomic E-state index is -0.846. The van der Waals surface area contributed by atoms with Crippen molar-refractivity contribution in [1.29, 1.82) is 0 Å². The molecule has 1 amide bonds. The average Bonchev–Trinajstić information content (AvgIpc) is 2.05. The molecule has 5 heteroatoms. The van der Waals surface area contributed by atoms with Gasteiger partial charge in [-0.25, -0.2) is 9.18 Å². The van der Waals surface area contributed by atoms with Crippen molar-refractivity contribution >= 4 is 6.09 Å².